The molecule has 2 aliphatic rings. The lowest BCUT2D eigenvalue weighted by Crippen LogP contribution is -2.55. The number of hydrogen-bond acceptors (Lipinski definition) is 6. The topological polar surface area (TPSA) is 55.9 Å². The zero-order chi connectivity index (χ0) is 15.4. The third-order valence-corrected chi connectivity index (χ3v) is 4.64. The summed E-state index contributed by atoms with van der Waals surface area (Å²) in [6.45, 7) is 5.58. The molecule has 3 heterocycles. The summed E-state index contributed by atoms with van der Waals surface area (Å²) in [5.74, 6) is 1.47. The lowest BCUT2D eigenvalue weighted by Gasteiger charge is -2.44. The third kappa shape index (κ3) is 4.64. The molecular formula is C16H27Cl2N3O3. The summed E-state index contributed by atoms with van der Waals surface area (Å²) in [6, 6.07) is 1.83. The first-order chi connectivity index (χ1) is 10.8. The summed E-state index contributed by atoms with van der Waals surface area (Å²) in [5.41, 5.74) is 0.973. The molecule has 0 atom stereocenters. The SMILES string of the molecule is COc1ccnc(CN2CCC3(CC2)CNCCO3)c1OC.Cl.Cl. The number of halogens is 2. The van der Waals surface area contributed by atoms with Crippen LogP contribution in [0.2, 0.25) is 0 Å². The fourth-order valence-corrected chi connectivity index (χ4v) is 3.32. The standard InChI is InChI=1S/C16H25N3O3.2ClH/c1-20-14-3-6-18-13(15(14)21-2)11-19-8-4-16(5-9-19)12-17-7-10-22-16;;/h3,6,17H,4-5,7-12H2,1-2H3;2*1H. The molecule has 1 N–H and O–H groups in total. The molecular weight excluding hydrogens is 353 g/mol. The van der Waals surface area contributed by atoms with Gasteiger partial charge in [-0.15, -0.1) is 24.8 Å². The van der Waals surface area contributed by atoms with Gasteiger partial charge >= 0.3 is 0 Å². The number of nitrogens with one attached hydrogen (secondary N) is 1. The molecule has 8 heteroatoms. The van der Waals surface area contributed by atoms with Crippen LogP contribution in [0.1, 0.15) is 18.5 Å². The Balaban J connectivity index is 0.00000144. The molecule has 1 spiro atoms. The number of rotatable bonds is 4. The van der Waals surface area contributed by atoms with Gasteiger partial charge in [-0.1, -0.05) is 0 Å². The van der Waals surface area contributed by atoms with E-state index in [4.69, 9.17) is 14.2 Å². The molecule has 138 valence electrons. The molecule has 0 unspecified atom stereocenters. The molecule has 1 aromatic heterocycles. The van der Waals surface area contributed by atoms with Crippen molar-refractivity contribution >= 4 is 24.8 Å². The van der Waals surface area contributed by atoms with Crippen LogP contribution in [0.4, 0.5) is 0 Å². The number of aromatic nitrogens is 1. The first-order valence-corrected chi connectivity index (χ1v) is 7.89. The molecule has 6 nitrogen and oxygen atoms in total. The predicted octanol–water partition coefficient (Wildman–Crippen LogP) is 1.90. The molecule has 1 aromatic rings. The second-order valence-corrected chi connectivity index (χ2v) is 5.98. The Kier molecular flexibility index (Phi) is 8.53. The van der Waals surface area contributed by atoms with Crippen molar-refractivity contribution in [2.75, 3.05) is 47.0 Å². The van der Waals surface area contributed by atoms with Gasteiger partial charge in [-0.2, -0.15) is 0 Å². The predicted molar refractivity (Wildman–Crippen MR) is 97.9 cm³/mol. The second-order valence-electron chi connectivity index (χ2n) is 5.98. The summed E-state index contributed by atoms with van der Waals surface area (Å²) in [6.07, 6.45) is 3.90. The van der Waals surface area contributed by atoms with Crippen molar-refractivity contribution in [3.05, 3.63) is 18.0 Å². The van der Waals surface area contributed by atoms with E-state index in [0.29, 0.717) is 0 Å². The minimum atomic E-state index is 0. The highest BCUT2D eigenvalue weighted by Gasteiger charge is 2.37. The molecule has 0 aliphatic carbocycles. The average Bonchev–Trinajstić information content (AvgIpc) is 2.57. The van der Waals surface area contributed by atoms with E-state index in [1.165, 1.54) is 0 Å². The minimum absolute atomic E-state index is 0. The summed E-state index contributed by atoms with van der Waals surface area (Å²) >= 11 is 0. The number of methoxy groups -OCH3 is 2. The van der Waals surface area contributed by atoms with Gasteiger partial charge in [0, 0.05) is 45.0 Å². The van der Waals surface area contributed by atoms with Crippen molar-refractivity contribution < 1.29 is 14.2 Å². The molecule has 2 saturated heterocycles. The number of morpholine rings is 1. The van der Waals surface area contributed by atoms with E-state index in [2.05, 4.69) is 15.2 Å². The van der Waals surface area contributed by atoms with Crippen LogP contribution in [0, 0.1) is 0 Å². The van der Waals surface area contributed by atoms with Gasteiger partial charge in [-0.25, -0.2) is 0 Å². The van der Waals surface area contributed by atoms with Gasteiger partial charge < -0.3 is 19.5 Å². The van der Waals surface area contributed by atoms with Gasteiger partial charge in [0.1, 0.15) is 5.69 Å². The fraction of sp³-hybridized carbons (Fsp3) is 0.688. The Morgan fingerprint density at radius 1 is 1.25 bits per heavy atom. The lowest BCUT2D eigenvalue weighted by molar-refractivity contribution is -0.101. The van der Waals surface area contributed by atoms with Crippen LogP contribution >= 0.6 is 24.8 Å². The maximum absolute atomic E-state index is 6.04. The molecule has 0 amide bonds. The van der Waals surface area contributed by atoms with Gasteiger partial charge in [0.15, 0.2) is 11.5 Å². The second kappa shape index (κ2) is 9.63. The average molecular weight is 380 g/mol. The van der Waals surface area contributed by atoms with E-state index in [0.717, 1.165) is 69.4 Å². The number of nitrogens with zero attached hydrogens (tertiary/aromatic N) is 2. The maximum atomic E-state index is 6.04. The summed E-state index contributed by atoms with van der Waals surface area (Å²) < 4.78 is 16.9. The Labute approximate surface area is 156 Å². The van der Waals surface area contributed by atoms with Crippen LogP contribution in [-0.2, 0) is 11.3 Å². The first kappa shape index (κ1) is 21.3. The van der Waals surface area contributed by atoms with Crippen LogP contribution in [0.3, 0.4) is 0 Å². The highest BCUT2D eigenvalue weighted by atomic mass is 35.5. The van der Waals surface area contributed by atoms with Crippen LogP contribution in [0.15, 0.2) is 12.3 Å². The molecule has 2 aliphatic heterocycles. The van der Waals surface area contributed by atoms with Crippen LogP contribution in [0.25, 0.3) is 0 Å². The first-order valence-electron chi connectivity index (χ1n) is 7.89. The molecule has 24 heavy (non-hydrogen) atoms. The Bertz CT molecular complexity index is 503. The molecule has 2 fully saturated rings. The number of pyridine rings is 1. The Morgan fingerprint density at radius 3 is 2.58 bits per heavy atom. The van der Waals surface area contributed by atoms with E-state index in [1.807, 2.05) is 6.07 Å². The van der Waals surface area contributed by atoms with Crippen molar-refractivity contribution in [3.8, 4) is 11.5 Å². The van der Waals surface area contributed by atoms with Gasteiger partial charge in [-0.3, -0.25) is 9.88 Å². The number of ether oxygens (including phenoxy) is 3. The molecule has 0 bridgehead atoms. The van der Waals surface area contributed by atoms with Crippen LogP contribution < -0.4 is 14.8 Å². The minimum Gasteiger partial charge on any atom is -0.493 e. The highest BCUT2D eigenvalue weighted by Crippen LogP contribution is 2.32. The van der Waals surface area contributed by atoms with E-state index >= 15 is 0 Å². The smallest absolute Gasteiger partial charge is 0.183 e. The van der Waals surface area contributed by atoms with E-state index in [-0.39, 0.29) is 30.4 Å². The molecule has 0 radical (unpaired) electrons. The zero-order valence-electron chi connectivity index (χ0n) is 14.2. The molecule has 0 aromatic carbocycles. The van der Waals surface area contributed by atoms with Gasteiger partial charge in [-0.05, 0) is 12.8 Å². The summed E-state index contributed by atoms with van der Waals surface area (Å²) in [5, 5.41) is 3.45. The monoisotopic (exact) mass is 379 g/mol. The van der Waals surface area contributed by atoms with Gasteiger partial charge in [0.2, 0.25) is 0 Å². The number of hydrogen-bond donors (Lipinski definition) is 1. The van der Waals surface area contributed by atoms with Gasteiger partial charge in [0.25, 0.3) is 0 Å². The quantitative estimate of drug-likeness (QED) is 0.861. The van der Waals surface area contributed by atoms with Crippen molar-refractivity contribution in [2.24, 2.45) is 0 Å². The Morgan fingerprint density at radius 2 is 2.00 bits per heavy atom. The van der Waals surface area contributed by atoms with Crippen LogP contribution in [-0.4, -0.2) is 62.5 Å². The van der Waals surface area contributed by atoms with E-state index in [9.17, 15) is 0 Å². The maximum Gasteiger partial charge on any atom is 0.183 e. The van der Waals surface area contributed by atoms with Crippen molar-refractivity contribution in [3.63, 3.8) is 0 Å². The van der Waals surface area contributed by atoms with Crippen molar-refractivity contribution in [2.45, 2.75) is 25.0 Å². The fourth-order valence-electron chi connectivity index (χ4n) is 3.32. The zero-order valence-corrected chi connectivity index (χ0v) is 15.9. The summed E-state index contributed by atoms with van der Waals surface area (Å²) in [4.78, 5) is 6.88. The van der Waals surface area contributed by atoms with E-state index < -0.39 is 0 Å². The molecule has 0 saturated carbocycles. The number of likely N-dealkylation sites (tertiary alicyclic amines) is 1. The van der Waals surface area contributed by atoms with Gasteiger partial charge in [0.05, 0.1) is 26.4 Å². The normalized spacial score (nSPS) is 19.9. The molecule has 3 rings (SSSR count). The van der Waals surface area contributed by atoms with E-state index in [1.54, 1.807) is 20.4 Å². The Hall–Kier alpha value is -0.790. The highest BCUT2D eigenvalue weighted by molar-refractivity contribution is 5.85. The number of piperidine rings is 1. The largest absolute Gasteiger partial charge is 0.493 e. The lowest BCUT2D eigenvalue weighted by atomic mass is 9.90. The third-order valence-electron chi connectivity index (χ3n) is 4.64. The van der Waals surface area contributed by atoms with Crippen molar-refractivity contribution in [1.29, 1.82) is 0 Å². The van der Waals surface area contributed by atoms with Crippen molar-refractivity contribution in [1.82, 2.24) is 15.2 Å². The summed E-state index contributed by atoms with van der Waals surface area (Å²) in [7, 11) is 3.31. The van der Waals surface area contributed by atoms with Crippen LogP contribution in [0.5, 0.6) is 11.5 Å².